The molecule has 1 saturated heterocycles. The monoisotopic (exact) mass is 515 g/mol. The quantitative estimate of drug-likeness (QED) is 0.309. The van der Waals surface area contributed by atoms with E-state index in [0.717, 1.165) is 22.2 Å². The molecule has 0 bridgehead atoms. The summed E-state index contributed by atoms with van der Waals surface area (Å²) in [5.41, 5.74) is 1.30. The molecule has 0 atom stereocenters. The second kappa shape index (κ2) is 9.92. The molecule has 0 radical (unpaired) electrons. The molecule has 3 aromatic carbocycles. The number of amides is 2. The zero-order valence-corrected chi connectivity index (χ0v) is 20.2. The van der Waals surface area contributed by atoms with E-state index in [9.17, 15) is 18.0 Å². The average Bonchev–Trinajstić information content (AvgIpc) is 3.07. The van der Waals surface area contributed by atoms with Crippen molar-refractivity contribution in [3.63, 3.8) is 0 Å². The molecule has 1 aliphatic rings. The number of methoxy groups -OCH3 is 1. The number of nitrogens with zero attached hydrogens (tertiary/aromatic N) is 1. The highest BCUT2D eigenvalue weighted by molar-refractivity contribution is 8.18. The van der Waals surface area contributed by atoms with Crippen LogP contribution in [0.3, 0.4) is 0 Å². The Balaban J connectivity index is 1.59. The number of carbonyl (C=O) groups excluding carboxylic acids is 2. The molecule has 1 fully saturated rings. The van der Waals surface area contributed by atoms with Crippen LogP contribution in [-0.2, 0) is 21.5 Å². The van der Waals surface area contributed by atoms with Crippen LogP contribution in [0, 0.1) is 0 Å². The lowest BCUT2D eigenvalue weighted by atomic mass is 10.1. The van der Waals surface area contributed by atoms with Crippen molar-refractivity contribution in [1.29, 1.82) is 0 Å². The first-order valence-corrected chi connectivity index (χ1v) is 12.5. The molecule has 1 aliphatic heterocycles. The Morgan fingerprint density at radius 1 is 0.971 bits per heavy atom. The lowest BCUT2D eigenvalue weighted by Crippen LogP contribution is -2.27. The van der Waals surface area contributed by atoms with Crippen LogP contribution in [0.4, 0.5) is 4.79 Å². The highest BCUT2D eigenvalue weighted by Gasteiger charge is 2.35. The van der Waals surface area contributed by atoms with Gasteiger partial charge in [0.05, 0.1) is 18.6 Å². The highest BCUT2D eigenvalue weighted by atomic mass is 35.5. The average molecular weight is 516 g/mol. The zero-order chi connectivity index (χ0) is 24.3. The summed E-state index contributed by atoms with van der Waals surface area (Å²) < 4.78 is 35.9. The number of benzene rings is 3. The molecule has 0 saturated carbocycles. The number of halogens is 1. The third-order valence-electron chi connectivity index (χ3n) is 4.84. The van der Waals surface area contributed by atoms with Gasteiger partial charge in [0.2, 0.25) is 0 Å². The Hall–Kier alpha value is -3.27. The minimum Gasteiger partial charge on any atom is -0.493 e. The van der Waals surface area contributed by atoms with Crippen LogP contribution >= 0.6 is 23.4 Å². The molecule has 0 aliphatic carbocycles. The van der Waals surface area contributed by atoms with Gasteiger partial charge in [-0.05, 0) is 65.4 Å². The molecular formula is C24H18ClNO6S2. The third kappa shape index (κ3) is 5.27. The van der Waals surface area contributed by atoms with Gasteiger partial charge in [0.1, 0.15) is 4.90 Å². The van der Waals surface area contributed by atoms with Crippen molar-refractivity contribution in [3.8, 4) is 11.5 Å². The highest BCUT2D eigenvalue weighted by Crippen LogP contribution is 2.36. The third-order valence-corrected chi connectivity index (χ3v) is 7.25. The van der Waals surface area contributed by atoms with Crippen LogP contribution < -0.4 is 8.92 Å². The van der Waals surface area contributed by atoms with Gasteiger partial charge in [0, 0.05) is 5.02 Å². The largest absolute Gasteiger partial charge is 0.493 e. The molecule has 4 rings (SSSR count). The summed E-state index contributed by atoms with van der Waals surface area (Å²) in [5, 5.41) is 0.00939. The fourth-order valence-corrected chi connectivity index (χ4v) is 5.07. The van der Waals surface area contributed by atoms with E-state index in [0.29, 0.717) is 10.6 Å². The van der Waals surface area contributed by atoms with Crippen LogP contribution in [0.25, 0.3) is 6.08 Å². The second-order valence-electron chi connectivity index (χ2n) is 7.16. The van der Waals surface area contributed by atoms with E-state index in [-0.39, 0.29) is 33.1 Å². The first-order valence-electron chi connectivity index (χ1n) is 9.94. The Bertz CT molecular complexity index is 1370. The number of rotatable bonds is 7. The minimum absolute atomic E-state index is 0.0604. The molecule has 10 heteroatoms. The summed E-state index contributed by atoms with van der Waals surface area (Å²) >= 11 is 6.65. The van der Waals surface area contributed by atoms with Crippen molar-refractivity contribution < 1.29 is 26.9 Å². The summed E-state index contributed by atoms with van der Waals surface area (Å²) in [5.74, 6) is -0.299. The van der Waals surface area contributed by atoms with E-state index in [4.69, 9.17) is 20.5 Å². The molecule has 3 aromatic rings. The molecule has 7 nitrogen and oxygen atoms in total. The summed E-state index contributed by atoms with van der Waals surface area (Å²) in [6.07, 6.45) is 1.51. The van der Waals surface area contributed by atoms with E-state index in [1.165, 1.54) is 49.6 Å². The predicted molar refractivity (Wildman–Crippen MR) is 130 cm³/mol. The standard InChI is InChI=1S/C24H18ClNO6S2/c1-31-20-12-7-17(13-21(20)32-34(29,30)19-10-8-18(25)9-11-19)14-22-23(27)26(24(28)33-22)15-16-5-3-2-4-6-16/h2-14H,15H2,1H3/b22-14-. The topological polar surface area (TPSA) is 90.0 Å². The number of thioether (sulfide) groups is 1. The maximum absolute atomic E-state index is 12.8. The van der Waals surface area contributed by atoms with E-state index < -0.39 is 16.0 Å². The van der Waals surface area contributed by atoms with Crippen molar-refractivity contribution in [2.75, 3.05) is 7.11 Å². The molecule has 1 heterocycles. The molecule has 174 valence electrons. The summed E-state index contributed by atoms with van der Waals surface area (Å²) in [7, 11) is -2.78. The van der Waals surface area contributed by atoms with Gasteiger partial charge in [-0.25, -0.2) is 0 Å². The normalized spacial score (nSPS) is 15.1. The molecule has 0 unspecified atom stereocenters. The van der Waals surface area contributed by atoms with Crippen molar-refractivity contribution >= 4 is 50.7 Å². The summed E-state index contributed by atoms with van der Waals surface area (Å²) in [6.45, 7) is 0.166. The van der Waals surface area contributed by atoms with Crippen LogP contribution in [0.5, 0.6) is 11.5 Å². The fourth-order valence-electron chi connectivity index (χ4n) is 3.17. The number of hydrogen-bond donors (Lipinski definition) is 0. The van der Waals surface area contributed by atoms with Gasteiger partial charge >= 0.3 is 10.1 Å². The summed E-state index contributed by atoms with van der Waals surface area (Å²) in [4.78, 5) is 26.6. The smallest absolute Gasteiger partial charge is 0.339 e. The molecule has 34 heavy (non-hydrogen) atoms. The van der Waals surface area contributed by atoms with Crippen molar-refractivity contribution in [1.82, 2.24) is 4.90 Å². The number of ether oxygens (including phenoxy) is 1. The first-order chi connectivity index (χ1) is 16.3. The molecule has 0 N–H and O–H groups in total. The predicted octanol–water partition coefficient (Wildman–Crippen LogP) is 5.35. The van der Waals surface area contributed by atoms with Crippen molar-refractivity contribution in [2.24, 2.45) is 0 Å². The minimum atomic E-state index is -4.16. The van der Waals surface area contributed by atoms with E-state index in [1.54, 1.807) is 6.07 Å². The van der Waals surface area contributed by atoms with Gasteiger partial charge in [0.15, 0.2) is 11.5 Å². The number of carbonyl (C=O) groups is 2. The molecular weight excluding hydrogens is 498 g/mol. The Kier molecular flexibility index (Phi) is 6.97. The number of hydrogen-bond acceptors (Lipinski definition) is 7. The second-order valence-corrected chi connectivity index (χ2v) is 10.1. The lowest BCUT2D eigenvalue weighted by Gasteiger charge is -2.12. The van der Waals surface area contributed by atoms with Gasteiger partial charge < -0.3 is 8.92 Å². The molecule has 0 spiro atoms. The van der Waals surface area contributed by atoms with Gasteiger partial charge in [-0.1, -0.05) is 48.0 Å². The molecule has 0 aromatic heterocycles. The Morgan fingerprint density at radius 2 is 1.68 bits per heavy atom. The van der Waals surface area contributed by atoms with Gasteiger partial charge in [0.25, 0.3) is 11.1 Å². The van der Waals surface area contributed by atoms with Crippen LogP contribution in [0.1, 0.15) is 11.1 Å². The maximum Gasteiger partial charge on any atom is 0.339 e. The van der Waals surface area contributed by atoms with Crippen LogP contribution in [0.2, 0.25) is 5.02 Å². The maximum atomic E-state index is 12.8. The zero-order valence-electron chi connectivity index (χ0n) is 17.8. The van der Waals surface area contributed by atoms with Gasteiger partial charge in [-0.3, -0.25) is 14.5 Å². The van der Waals surface area contributed by atoms with Crippen molar-refractivity contribution in [3.05, 3.63) is 93.9 Å². The Morgan fingerprint density at radius 3 is 2.35 bits per heavy atom. The van der Waals surface area contributed by atoms with E-state index in [1.807, 2.05) is 30.3 Å². The number of imide groups is 1. The fraction of sp³-hybridized carbons (Fsp3) is 0.0833. The Labute approximate surface area is 206 Å². The summed E-state index contributed by atoms with van der Waals surface area (Å²) in [6, 6.07) is 19.3. The lowest BCUT2D eigenvalue weighted by molar-refractivity contribution is -0.123. The van der Waals surface area contributed by atoms with Gasteiger partial charge in [-0.15, -0.1) is 0 Å². The van der Waals surface area contributed by atoms with Gasteiger partial charge in [-0.2, -0.15) is 8.42 Å². The van der Waals surface area contributed by atoms with Crippen LogP contribution in [0.15, 0.2) is 82.6 Å². The first kappa shape index (κ1) is 23.9. The van der Waals surface area contributed by atoms with Crippen LogP contribution in [-0.4, -0.2) is 31.6 Å². The van der Waals surface area contributed by atoms with E-state index >= 15 is 0 Å². The SMILES string of the molecule is COc1ccc(/C=C2\SC(=O)N(Cc3ccccc3)C2=O)cc1OS(=O)(=O)c1ccc(Cl)cc1. The molecule has 2 amide bonds. The van der Waals surface area contributed by atoms with E-state index in [2.05, 4.69) is 0 Å². The van der Waals surface area contributed by atoms with Crippen molar-refractivity contribution in [2.45, 2.75) is 11.4 Å².